The van der Waals surface area contributed by atoms with Crippen LogP contribution in [0.5, 0.6) is 5.88 Å². The van der Waals surface area contributed by atoms with Gasteiger partial charge in [0.25, 0.3) is 0 Å². The van der Waals surface area contributed by atoms with E-state index in [0.29, 0.717) is 13.0 Å². The van der Waals surface area contributed by atoms with Crippen LogP contribution in [-0.4, -0.2) is 22.7 Å². The van der Waals surface area contributed by atoms with Gasteiger partial charge in [-0.3, -0.25) is 0 Å². The Labute approximate surface area is 91.8 Å². The summed E-state index contributed by atoms with van der Waals surface area (Å²) in [6.07, 6.45) is 5.47. The third-order valence-electron chi connectivity index (χ3n) is 1.52. The monoisotopic (exact) mass is 225 g/mol. The van der Waals surface area contributed by atoms with Crippen molar-refractivity contribution in [3.8, 4) is 18.2 Å². The van der Waals surface area contributed by atoms with Gasteiger partial charge in [0, 0.05) is 12.5 Å². The Morgan fingerprint density at radius 2 is 2.40 bits per heavy atom. The molecule has 0 radical (unpaired) electrons. The van der Waals surface area contributed by atoms with Gasteiger partial charge in [0.2, 0.25) is 5.88 Å². The molecule has 0 fully saturated rings. The molecule has 5 heteroatoms. The maximum absolute atomic E-state index is 10.7. The van der Waals surface area contributed by atoms with Crippen LogP contribution >= 0.6 is 11.6 Å². The molecule has 0 aliphatic rings. The number of hydrogen-bond donors (Lipinski definition) is 1. The smallest absolute Gasteiger partial charge is 0.356 e. The molecule has 1 heterocycles. The molecule has 1 N–H and O–H groups in total. The highest BCUT2D eigenvalue weighted by Gasteiger charge is 2.11. The zero-order valence-corrected chi connectivity index (χ0v) is 8.49. The zero-order valence-electron chi connectivity index (χ0n) is 7.74. The summed E-state index contributed by atoms with van der Waals surface area (Å²) in [7, 11) is 0. The van der Waals surface area contributed by atoms with E-state index in [0.717, 1.165) is 0 Å². The third kappa shape index (κ3) is 3.15. The summed E-state index contributed by atoms with van der Waals surface area (Å²) >= 11 is 5.62. The summed E-state index contributed by atoms with van der Waals surface area (Å²) in [5, 5.41) is 8.80. The number of aromatic carboxylic acids is 1. The molecule has 0 amide bonds. The van der Waals surface area contributed by atoms with Crippen LogP contribution in [0.3, 0.4) is 0 Å². The molecule has 0 aliphatic heterocycles. The van der Waals surface area contributed by atoms with E-state index in [1.54, 1.807) is 0 Å². The molecule has 0 saturated heterocycles. The molecule has 0 saturated carbocycles. The second-order valence-corrected chi connectivity index (χ2v) is 2.99. The van der Waals surface area contributed by atoms with E-state index in [4.69, 9.17) is 27.9 Å². The predicted octanol–water partition coefficient (Wildman–Crippen LogP) is 1.84. The van der Waals surface area contributed by atoms with Crippen molar-refractivity contribution >= 4 is 17.6 Å². The van der Waals surface area contributed by atoms with Crippen LogP contribution in [-0.2, 0) is 0 Å². The molecule has 0 unspecified atom stereocenters. The van der Waals surface area contributed by atoms with Crippen LogP contribution < -0.4 is 4.74 Å². The molecule has 15 heavy (non-hydrogen) atoms. The van der Waals surface area contributed by atoms with E-state index in [1.807, 2.05) is 0 Å². The van der Waals surface area contributed by atoms with Crippen LogP contribution in [0.25, 0.3) is 0 Å². The van der Waals surface area contributed by atoms with Gasteiger partial charge in [-0.25, -0.2) is 9.78 Å². The lowest BCUT2D eigenvalue weighted by atomic mass is 10.3. The quantitative estimate of drug-likeness (QED) is 0.628. The minimum atomic E-state index is -1.19. The molecule has 0 aliphatic carbocycles. The van der Waals surface area contributed by atoms with Crippen LogP contribution in [0.1, 0.15) is 16.9 Å². The molecule has 0 spiro atoms. The van der Waals surface area contributed by atoms with Gasteiger partial charge < -0.3 is 9.84 Å². The van der Waals surface area contributed by atoms with E-state index >= 15 is 0 Å². The average molecular weight is 226 g/mol. The number of terminal acetylenes is 1. The third-order valence-corrected chi connectivity index (χ3v) is 1.82. The van der Waals surface area contributed by atoms with Crippen molar-refractivity contribution in [1.82, 2.24) is 4.98 Å². The first-order chi connectivity index (χ1) is 7.15. The fourth-order valence-electron chi connectivity index (χ4n) is 0.869. The Kier molecular flexibility index (Phi) is 3.95. The summed E-state index contributed by atoms with van der Waals surface area (Å²) in [6.45, 7) is 0.296. The van der Waals surface area contributed by atoms with Crippen LogP contribution in [0.2, 0.25) is 5.02 Å². The number of rotatable bonds is 4. The number of pyridine rings is 1. The Morgan fingerprint density at radius 1 is 1.67 bits per heavy atom. The predicted molar refractivity (Wildman–Crippen MR) is 55.2 cm³/mol. The fourth-order valence-corrected chi connectivity index (χ4v) is 1.06. The summed E-state index contributed by atoms with van der Waals surface area (Å²) in [5.41, 5.74) is -0.227. The normalized spacial score (nSPS) is 9.33. The topological polar surface area (TPSA) is 59.4 Å². The Bertz CT molecular complexity index is 412. The fraction of sp³-hybridized carbons (Fsp3) is 0.200. The number of carboxylic acid groups (broad SMARTS) is 1. The number of carboxylic acids is 1. The maximum atomic E-state index is 10.7. The molecule has 1 rings (SSSR count). The Morgan fingerprint density at radius 3 is 3.00 bits per heavy atom. The van der Waals surface area contributed by atoms with Gasteiger partial charge in [0.15, 0.2) is 5.69 Å². The molecule has 0 atom stereocenters. The van der Waals surface area contributed by atoms with Crippen molar-refractivity contribution in [3.05, 3.63) is 22.8 Å². The molecule has 0 aromatic carbocycles. The summed E-state index contributed by atoms with van der Waals surface area (Å²) in [6, 6.07) is 2.91. The standard InChI is InChI=1S/C10H8ClNO3/c1-2-3-6-15-8-5-4-7(11)9(12-8)10(13)14/h1,4-5H,3,6H2,(H,13,14). The molecule has 1 aromatic heterocycles. The average Bonchev–Trinajstić information content (AvgIpc) is 2.20. The number of carbonyl (C=O) groups is 1. The molecular weight excluding hydrogens is 218 g/mol. The largest absolute Gasteiger partial charge is 0.477 e. The highest BCUT2D eigenvalue weighted by Crippen LogP contribution is 2.17. The molecule has 1 aromatic rings. The lowest BCUT2D eigenvalue weighted by Gasteiger charge is -2.04. The van der Waals surface area contributed by atoms with Crippen molar-refractivity contribution in [3.63, 3.8) is 0 Å². The maximum Gasteiger partial charge on any atom is 0.356 e. The van der Waals surface area contributed by atoms with Crippen LogP contribution in [0.15, 0.2) is 12.1 Å². The van der Waals surface area contributed by atoms with Crippen LogP contribution in [0, 0.1) is 12.3 Å². The van der Waals surface area contributed by atoms with Gasteiger partial charge in [-0.05, 0) is 6.07 Å². The number of aromatic nitrogens is 1. The van der Waals surface area contributed by atoms with Crippen molar-refractivity contribution in [2.24, 2.45) is 0 Å². The lowest BCUT2D eigenvalue weighted by molar-refractivity contribution is 0.0689. The second kappa shape index (κ2) is 5.23. The van der Waals surface area contributed by atoms with Crippen molar-refractivity contribution in [2.75, 3.05) is 6.61 Å². The Hall–Kier alpha value is -1.73. The molecule has 0 bridgehead atoms. The minimum Gasteiger partial charge on any atom is -0.477 e. The number of ether oxygens (including phenoxy) is 1. The van der Waals surface area contributed by atoms with E-state index in [9.17, 15) is 4.79 Å². The summed E-state index contributed by atoms with van der Waals surface area (Å²) in [5.74, 6) is 1.40. The minimum absolute atomic E-state index is 0.0757. The van der Waals surface area contributed by atoms with Crippen molar-refractivity contribution in [2.45, 2.75) is 6.42 Å². The van der Waals surface area contributed by atoms with Crippen molar-refractivity contribution < 1.29 is 14.6 Å². The second-order valence-electron chi connectivity index (χ2n) is 2.59. The van der Waals surface area contributed by atoms with E-state index in [2.05, 4.69) is 10.9 Å². The first-order valence-electron chi connectivity index (χ1n) is 4.11. The van der Waals surface area contributed by atoms with E-state index < -0.39 is 5.97 Å². The van der Waals surface area contributed by atoms with E-state index in [-0.39, 0.29) is 16.6 Å². The Balaban J connectivity index is 2.79. The van der Waals surface area contributed by atoms with Gasteiger partial charge in [-0.15, -0.1) is 12.3 Å². The SMILES string of the molecule is C#CCCOc1ccc(Cl)c(C(=O)O)n1. The molecule has 4 nitrogen and oxygen atoms in total. The van der Waals surface area contributed by atoms with Gasteiger partial charge in [0.1, 0.15) is 6.61 Å². The zero-order chi connectivity index (χ0) is 11.3. The summed E-state index contributed by atoms with van der Waals surface area (Å²) < 4.78 is 5.12. The summed E-state index contributed by atoms with van der Waals surface area (Å²) in [4.78, 5) is 14.4. The lowest BCUT2D eigenvalue weighted by Crippen LogP contribution is -2.04. The number of nitrogens with zero attached hydrogens (tertiary/aromatic N) is 1. The first kappa shape index (κ1) is 11.3. The number of halogens is 1. The highest BCUT2D eigenvalue weighted by atomic mass is 35.5. The van der Waals surface area contributed by atoms with Crippen LogP contribution in [0.4, 0.5) is 0 Å². The molecular formula is C10H8ClNO3. The van der Waals surface area contributed by atoms with Gasteiger partial charge in [-0.1, -0.05) is 11.6 Å². The molecule has 78 valence electrons. The van der Waals surface area contributed by atoms with Gasteiger partial charge in [-0.2, -0.15) is 0 Å². The highest BCUT2D eigenvalue weighted by molar-refractivity contribution is 6.33. The van der Waals surface area contributed by atoms with Gasteiger partial charge >= 0.3 is 5.97 Å². The first-order valence-corrected chi connectivity index (χ1v) is 4.49. The number of hydrogen-bond acceptors (Lipinski definition) is 3. The van der Waals surface area contributed by atoms with E-state index in [1.165, 1.54) is 12.1 Å². The van der Waals surface area contributed by atoms with Gasteiger partial charge in [0.05, 0.1) is 5.02 Å². The van der Waals surface area contributed by atoms with Crippen molar-refractivity contribution in [1.29, 1.82) is 0 Å².